The van der Waals surface area contributed by atoms with Gasteiger partial charge in [0.05, 0.1) is 27.0 Å². The molecule has 0 saturated heterocycles. The number of aromatic amines is 1. The van der Waals surface area contributed by atoms with Gasteiger partial charge in [0.15, 0.2) is 0 Å². The first-order valence-electron chi connectivity index (χ1n) is 9.76. The highest BCUT2D eigenvalue weighted by atomic mass is 16.5. The van der Waals surface area contributed by atoms with Gasteiger partial charge in [-0.25, -0.2) is 0 Å². The maximum absolute atomic E-state index is 12.8. The van der Waals surface area contributed by atoms with Crippen LogP contribution >= 0.6 is 0 Å². The van der Waals surface area contributed by atoms with Gasteiger partial charge in [-0.2, -0.15) is 0 Å². The third-order valence-electron chi connectivity index (χ3n) is 5.24. The maximum Gasteiger partial charge on any atom is 0.221 e. The third kappa shape index (κ3) is 4.03. The summed E-state index contributed by atoms with van der Waals surface area (Å²) in [5.41, 5.74) is 3.00. The van der Waals surface area contributed by atoms with Gasteiger partial charge in [0.1, 0.15) is 17.3 Å². The van der Waals surface area contributed by atoms with Gasteiger partial charge in [-0.05, 0) is 29.8 Å². The highest BCUT2D eigenvalue weighted by Crippen LogP contribution is 2.39. The Morgan fingerprint density at radius 1 is 1.07 bits per heavy atom. The molecule has 0 fully saturated rings. The molecule has 6 nitrogen and oxygen atoms in total. The van der Waals surface area contributed by atoms with Crippen molar-refractivity contribution in [2.24, 2.45) is 0 Å². The number of carbonyl (C=O) groups excluding carboxylic acids is 1. The quantitative estimate of drug-likeness (QED) is 0.449. The van der Waals surface area contributed by atoms with Crippen LogP contribution in [0.2, 0.25) is 0 Å². The molecule has 6 heteroatoms. The SMILES string of the molecule is COc1ccc([C@H](CC(=O)NCc2ccco2)c2c[nH]c3ccccc23)c(OC)c1. The molecule has 1 atom stereocenters. The van der Waals surface area contributed by atoms with Crippen molar-refractivity contribution in [3.05, 3.63) is 83.9 Å². The number of hydrogen-bond acceptors (Lipinski definition) is 4. The second-order valence-corrected chi connectivity index (χ2v) is 7.01. The molecule has 0 radical (unpaired) electrons. The van der Waals surface area contributed by atoms with Gasteiger partial charge in [-0.3, -0.25) is 4.79 Å². The van der Waals surface area contributed by atoms with Gasteiger partial charge < -0.3 is 24.2 Å². The smallest absolute Gasteiger partial charge is 0.221 e. The number of benzene rings is 2. The van der Waals surface area contributed by atoms with E-state index in [9.17, 15) is 4.79 Å². The van der Waals surface area contributed by atoms with Crippen LogP contribution in [0.15, 0.2) is 71.5 Å². The van der Waals surface area contributed by atoms with E-state index in [0.717, 1.165) is 22.0 Å². The lowest BCUT2D eigenvalue weighted by Gasteiger charge is -2.20. The first-order chi connectivity index (χ1) is 14.7. The Kier molecular flexibility index (Phi) is 5.75. The number of hydrogen-bond donors (Lipinski definition) is 2. The largest absolute Gasteiger partial charge is 0.497 e. The summed E-state index contributed by atoms with van der Waals surface area (Å²) in [6.45, 7) is 0.353. The van der Waals surface area contributed by atoms with E-state index in [1.165, 1.54) is 0 Å². The van der Waals surface area contributed by atoms with Crippen molar-refractivity contribution in [3.8, 4) is 11.5 Å². The van der Waals surface area contributed by atoms with Crippen molar-refractivity contribution in [2.75, 3.05) is 14.2 Å². The Morgan fingerprint density at radius 2 is 1.93 bits per heavy atom. The minimum atomic E-state index is -0.196. The van der Waals surface area contributed by atoms with Crippen LogP contribution in [0, 0.1) is 0 Å². The predicted molar refractivity (Wildman–Crippen MR) is 115 cm³/mol. The molecule has 1 amide bonds. The Hall–Kier alpha value is -3.67. The van der Waals surface area contributed by atoms with E-state index in [2.05, 4.69) is 16.4 Å². The zero-order chi connectivity index (χ0) is 20.9. The monoisotopic (exact) mass is 404 g/mol. The summed E-state index contributed by atoms with van der Waals surface area (Å²) in [5, 5.41) is 4.03. The van der Waals surface area contributed by atoms with Crippen molar-refractivity contribution in [1.29, 1.82) is 0 Å². The number of rotatable bonds is 8. The zero-order valence-corrected chi connectivity index (χ0v) is 17.0. The molecule has 154 valence electrons. The molecule has 30 heavy (non-hydrogen) atoms. The third-order valence-corrected chi connectivity index (χ3v) is 5.24. The van der Waals surface area contributed by atoms with E-state index < -0.39 is 0 Å². The molecule has 0 saturated carbocycles. The fourth-order valence-corrected chi connectivity index (χ4v) is 3.73. The van der Waals surface area contributed by atoms with Gasteiger partial charge in [-0.15, -0.1) is 0 Å². The number of furan rings is 1. The number of H-pyrrole nitrogens is 1. The van der Waals surface area contributed by atoms with E-state index in [0.29, 0.717) is 23.8 Å². The van der Waals surface area contributed by atoms with Crippen molar-refractivity contribution < 1.29 is 18.7 Å². The first kappa shape index (κ1) is 19.6. The summed E-state index contributed by atoms with van der Waals surface area (Å²) in [6, 6.07) is 17.4. The normalized spacial score (nSPS) is 11.9. The van der Waals surface area contributed by atoms with Gasteiger partial charge in [0.25, 0.3) is 0 Å². The van der Waals surface area contributed by atoms with Gasteiger partial charge in [-0.1, -0.05) is 24.3 Å². The molecule has 0 spiro atoms. The second-order valence-electron chi connectivity index (χ2n) is 7.01. The van der Waals surface area contributed by atoms with Crippen LogP contribution in [0.3, 0.4) is 0 Å². The van der Waals surface area contributed by atoms with E-state index in [1.54, 1.807) is 26.5 Å². The number of fused-ring (bicyclic) bond motifs is 1. The van der Waals surface area contributed by atoms with E-state index in [4.69, 9.17) is 13.9 Å². The summed E-state index contributed by atoms with van der Waals surface area (Å²) < 4.78 is 16.3. The maximum atomic E-state index is 12.8. The van der Waals surface area contributed by atoms with Crippen LogP contribution in [-0.4, -0.2) is 25.1 Å². The summed E-state index contributed by atoms with van der Waals surface area (Å²) in [6.07, 6.45) is 3.84. The summed E-state index contributed by atoms with van der Waals surface area (Å²) in [4.78, 5) is 16.2. The number of nitrogens with one attached hydrogen (secondary N) is 2. The molecule has 2 aromatic heterocycles. The molecule has 0 unspecified atom stereocenters. The van der Waals surface area contributed by atoms with Crippen LogP contribution in [0.1, 0.15) is 29.2 Å². The number of ether oxygens (including phenoxy) is 2. The molecule has 2 N–H and O–H groups in total. The number of carbonyl (C=O) groups is 1. The van der Waals surface area contributed by atoms with Crippen LogP contribution in [0.5, 0.6) is 11.5 Å². The summed E-state index contributed by atoms with van der Waals surface area (Å²) in [5.74, 6) is 1.84. The molecular formula is C24H24N2O4. The zero-order valence-electron chi connectivity index (χ0n) is 17.0. The van der Waals surface area contributed by atoms with Crippen LogP contribution in [0.4, 0.5) is 0 Å². The second kappa shape index (κ2) is 8.78. The molecule has 2 aromatic carbocycles. The molecular weight excluding hydrogens is 380 g/mol. The molecule has 0 bridgehead atoms. The number of methoxy groups -OCH3 is 2. The van der Waals surface area contributed by atoms with Gasteiger partial charge >= 0.3 is 0 Å². The highest BCUT2D eigenvalue weighted by Gasteiger charge is 2.24. The average Bonchev–Trinajstić information content (AvgIpc) is 3.45. The lowest BCUT2D eigenvalue weighted by Crippen LogP contribution is -2.25. The van der Waals surface area contributed by atoms with Crippen molar-refractivity contribution in [3.63, 3.8) is 0 Å². The fraction of sp³-hybridized carbons (Fsp3) is 0.208. The summed E-state index contributed by atoms with van der Waals surface area (Å²) >= 11 is 0. The molecule has 2 heterocycles. The fourth-order valence-electron chi connectivity index (χ4n) is 3.73. The minimum absolute atomic E-state index is 0.0699. The molecule has 0 aliphatic carbocycles. The predicted octanol–water partition coefficient (Wildman–Crippen LogP) is 4.62. The molecule has 4 rings (SSSR count). The number of amides is 1. The summed E-state index contributed by atoms with van der Waals surface area (Å²) in [7, 11) is 3.25. The van der Waals surface area contributed by atoms with E-state index >= 15 is 0 Å². The first-order valence-corrected chi connectivity index (χ1v) is 9.76. The Bertz CT molecular complexity index is 1130. The van der Waals surface area contributed by atoms with Crippen molar-refractivity contribution >= 4 is 16.8 Å². The van der Waals surface area contributed by atoms with Gasteiger partial charge in [0.2, 0.25) is 5.91 Å². The van der Waals surface area contributed by atoms with Crippen molar-refractivity contribution in [1.82, 2.24) is 10.3 Å². The standard InChI is InChI=1S/C24H24N2O4/c1-28-16-9-10-19(23(12-16)29-2)20(13-24(27)26-14-17-6-5-11-30-17)21-15-25-22-8-4-3-7-18(21)22/h3-12,15,20,25H,13-14H2,1-2H3,(H,26,27)/t20-/m0/s1. The van der Waals surface area contributed by atoms with E-state index in [-0.39, 0.29) is 18.2 Å². The Balaban J connectivity index is 1.69. The van der Waals surface area contributed by atoms with Crippen LogP contribution in [-0.2, 0) is 11.3 Å². The lowest BCUT2D eigenvalue weighted by molar-refractivity contribution is -0.121. The van der Waals surface area contributed by atoms with Crippen molar-refractivity contribution in [2.45, 2.75) is 18.9 Å². The average molecular weight is 404 g/mol. The minimum Gasteiger partial charge on any atom is -0.497 e. The Labute approximate surface area is 174 Å². The molecule has 0 aliphatic rings. The topological polar surface area (TPSA) is 76.5 Å². The Morgan fingerprint density at radius 3 is 2.70 bits per heavy atom. The van der Waals surface area contributed by atoms with Gasteiger partial charge in [0, 0.05) is 41.1 Å². The molecule has 4 aromatic rings. The highest BCUT2D eigenvalue weighted by molar-refractivity contribution is 5.86. The van der Waals surface area contributed by atoms with Crippen LogP contribution < -0.4 is 14.8 Å². The van der Waals surface area contributed by atoms with Crippen LogP contribution in [0.25, 0.3) is 10.9 Å². The molecule has 0 aliphatic heterocycles. The van der Waals surface area contributed by atoms with E-state index in [1.807, 2.05) is 48.7 Å². The lowest BCUT2D eigenvalue weighted by atomic mass is 9.87. The number of aromatic nitrogens is 1. The number of para-hydroxylation sites is 1.